The van der Waals surface area contributed by atoms with Crippen LogP contribution in [0.4, 0.5) is 0 Å². The zero-order valence-electron chi connectivity index (χ0n) is 17.3. The number of aromatic nitrogens is 2. The van der Waals surface area contributed by atoms with E-state index in [1.54, 1.807) is 18.5 Å². The van der Waals surface area contributed by atoms with Crippen LogP contribution >= 0.6 is 0 Å². The van der Waals surface area contributed by atoms with Crippen LogP contribution in [-0.2, 0) is 39.1 Å². The predicted octanol–water partition coefficient (Wildman–Crippen LogP) is 2.23. The third kappa shape index (κ3) is 4.06. The maximum absolute atomic E-state index is 13.5. The highest BCUT2D eigenvalue weighted by atomic mass is 32.2. The lowest BCUT2D eigenvalue weighted by atomic mass is 10.1. The normalized spacial score (nSPS) is 16.5. The molecule has 31 heavy (non-hydrogen) atoms. The van der Waals surface area contributed by atoms with Crippen LogP contribution in [0.15, 0.2) is 65.8 Å². The van der Waals surface area contributed by atoms with Gasteiger partial charge in [0.2, 0.25) is 10.0 Å². The second-order valence-corrected chi connectivity index (χ2v) is 9.11. The number of rotatable bonds is 6. The number of sulfonamides is 1. The summed E-state index contributed by atoms with van der Waals surface area (Å²) in [4.78, 5) is 17.0. The largest absolute Gasteiger partial charge is 0.497 e. The van der Waals surface area contributed by atoms with Gasteiger partial charge >= 0.3 is 5.97 Å². The Hall–Kier alpha value is -3.17. The molecule has 2 heterocycles. The van der Waals surface area contributed by atoms with E-state index in [-0.39, 0.29) is 17.9 Å². The molecule has 0 bridgehead atoms. The van der Waals surface area contributed by atoms with Gasteiger partial charge in [-0.2, -0.15) is 4.31 Å². The molecule has 0 fully saturated rings. The first kappa shape index (κ1) is 21.1. The van der Waals surface area contributed by atoms with Crippen molar-refractivity contribution in [3.63, 3.8) is 0 Å². The van der Waals surface area contributed by atoms with Gasteiger partial charge in [0, 0.05) is 13.0 Å². The van der Waals surface area contributed by atoms with Crippen molar-refractivity contribution in [3.05, 3.63) is 77.9 Å². The SMILES string of the molecule is COC(=O)[C@@H]1Cc2ncn(Cc3ccccc3)c2CN1S(=O)(=O)c1ccc(OC)cc1. The smallest absolute Gasteiger partial charge is 0.324 e. The van der Waals surface area contributed by atoms with Gasteiger partial charge in [-0.25, -0.2) is 13.4 Å². The molecule has 8 nitrogen and oxygen atoms in total. The fourth-order valence-corrected chi connectivity index (χ4v) is 5.27. The molecule has 0 unspecified atom stereocenters. The number of carbonyl (C=O) groups is 1. The standard InChI is InChI=1S/C22H23N3O5S/c1-29-17-8-10-18(11-9-17)31(27,28)25-14-21-19(12-20(25)22(26)30-2)23-15-24(21)13-16-6-4-3-5-7-16/h3-11,15,20H,12-14H2,1-2H3/t20-/m0/s1. The highest BCUT2D eigenvalue weighted by Gasteiger charge is 2.42. The second kappa shape index (κ2) is 8.52. The van der Waals surface area contributed by atoms with Gasteiger partial charge in [0.05, 0.1) is 43.4 Å². The molecule has 1 aromatic heterocycles. The number of carbonyl (C=O) groups excluding carboxylic acids is 1. The van der Waals surface area contributed by atoms with E-state index >= 15 is 0 Å². The third-order valence-electron chi connectivity index (χ3n) is 5.41. The topological polar surface area (TPSA) is 90.7 Å². The molecule has 0 saturated carbocycles. The highest BCUT2D eigenvalue weighted by Crippen LogP contribution is 2.30. The van der Waals surface area contributed by atoms with Gasteiger partial charge in [0.25, 0.3) is 0 Å². The van der Waals surface area contributed by atoms with Crippen molar-refractivity contribution in [2.24, 2.45) is 0 Å². The van der Waals surface area contributed by atoms with E-state index in [1.807, 2.05) is 34.9 Å². The Balaban J connectivity index is 1.71. The predicted molar refractivity (Wildman–Crippen MR) is 113 cm³/mol. The fourth-order valence-electron chi connectivity index (χ4n) is 3.73. The molecule has 0 saturated heterocycles. The van der Waals surface area contributed by atoms with Crippen LogP contribution in [0.25, 0.3) is 0 Å². The number of esters is 1. The van der Waals surface area contributed by atoms with Crippen LogP contribution in [0.2, 0.25) is 0 Å². The number of hydrogen-bond acceptors (Lipinski definition) is 6. The van der Waals surface area contributed by atoms with Gasteiger partial charge in [-0.1, -0.05) is 30.3 Å². The Morgan fingerprint density at radius 1 is 1.10 bits per heavy atom. The molecule has 1 atom stereocenters. The van der Waals surface area contributed by atoms with Crippen molar-refractivity contribution in [2.75, 3.05) is 14.2 Å². The van der Waals surface area contributed by atoms with Gasteiger partial charge in [0.15, 0.2) is 0 Å². The highest BCUT2D eigenvalue weighted by molar-refractivity contribution is 7.89. The molecule has 3 aromatic rings. The molecular formula is C22H23N3O5S. The summed E-state index contributed by atoms with van der Waals surface area (Å²) in [7, 11) is -1.20. The number of benzene rings is 2. The van der Waals surface area contributed by atoms with Gasteiger partial charge < -0.3 is 14.0 Å². The van der Waals surface area contributed by atoms with E-state index in [9.17, 15) is 13.2 Å². The second-order valence-electron chi connectivity index (χ2n) is 7.22. The number of ether oxygens (including phenoxy) is 2. The van der Waals surface area contributed by atoms with Crippen molar-refractivity contribution >= 4 is 16.0 Å². The molecule has 0 N–H and O–H groups in total. The monoisotopic (exact) mass is 441 g/mol. The lowest BCUT2D eigenvalue weighted by molar-refractivity contribution is -0.145. The minimum absolute atomic E-state index is 0.0241. The Morgan fingerprint density at radius 3 is 2.45 bits per heavy atom. The summed E-state index contributed by atoms with van der Waals surface area (Å²) < 4.78 is 40.1. The van der Waals surface area contributed by atoms with E-state index < -0.39 is 22.0 Å². The van der Waals surface area contributed by atoms with Gasteiger partial charge in [0.1, 0.15) is 11.8 Å². The zero-order chi connectivity index (χ0) is 22.0. The first-order valence-electron chi connectivity index (χ1n) is 9.74. The summed E-state index contributed by atoms with van der Waals surface area (Å²) in [6.07, 6.45) is 1.84. The summed E-state index contributed by atoms with van der Waals surface area (Å²) >= 11 is 0. The average molecular weight is 442 g/mol. The van der Waals surface area contributed by atoms with Crippen molar-refractivity contribution in [3.8, 4) is 5.75 Å². The molecule has 0 amide bonds. The van der Waals surface area contributed by atoms with E-state index in [1.165, 1.54) is 30.7 Å². The maximum Gasteiger partial charge on any atom is 0.324 e. The van der Waals surface area contributed by atoms with Crippen molar-refractivity contribution in [1.29, 1.82) is 0 Å². The Morgan fingerprint density at radius 2 is 1.81 bits per heavy atom. The summed E-state index contributed by atoms with van der Waals surface area (Å²) in [5.74, 6) is -0.0642. The molecule has 1 aliphatic rings. The molecule has 9 heteroatoms. The number of nitrogens with zero attached hydrogens (tertiary/aromatic N) is 3. The van der Waals surface area contributed by atoms with Crippen LogP contribution < -0.4 is 4.74 Å². The summed E-state index contributed by atoms with van der Waals surface area (Å²) in [6, 6.07) is 15.0. The van der Waals surface area contributed by atoms with Crippen LogP contribution in [-0.4, -0.2) is 48.5 Å². The number of fused-ring (bicyclic) bond motifs is 1. The Kier molecular flexibility index (Phi) is 5.79. The summed E-state index contributed by atoms with van der Waals surface area (Å²) in [6.45, 7) is 0.582. The number of imidazole rings is 1. The number of hydrogen-bond donors (Lipinski definition) is 0. The van der Waals surface area contributed by atoms with Gasteiger partial charge in [-0.15, -0.1) is 0 Å². The van der Waals surface area contributed by atoms with E-state index in [2.05, 4.69) is 4.98 Å². The zero-order valence-corrected chi connectivity index (χ0v) is 18.1. The molecule has 0 aliphatic carbocycles. The minimum atomic E-state index is -3.97. The molecule has 2 aromatic carbocycles. The van der Waals surface area contributed by atoms with Crippen LogP contribution in [0.1, 0.15) is 17.0 Å². The first-order valence-corrected chi connectivity index (χ1v) is 11.2. The van der Waals surface area contributed by atoms with Gasteiger partial charge in [-0.3, -0.25) is 4.79 Å². The van der Waals surface area contributed by atoms with Crippen molar-refractivity contribution in [2.45, 2.75) is 30.4 Å². The molecule has 4 rings (SSSR count). The molecule has 0 spiro atoms. The fraction of sp³-hybridized carbons (Fsp3) is 0.273. The third-order valence-corrected chi connectivity index (χ3v) is 7.28. The Bertz CT molecular complexity index is 1170. The lowest BCUT2D eigenvalue weighted by Crippen LogP contribution is -2.49. The lowest BCUT2D eigenvalue weighted by Gasteiger charge is -2.33. The molecule has 0 radical (unpaired) electrons. The minimum Gasteiger partial charge on any atom is -0.497 e. The average Bonchev–Trinajstić information content (AvgIpc) is 3.20. The molecule has 162 valence electrons. The van der Waals surface area contributed by atoms with Gasteiger partial charge in [-0.05, 0) is 29.8 Å². The Labute approximate surface area is 181 Å². The summed E-state index contributed by atoms with van der Waals surface area (Å²) in [5, 5.41) is 0. The summed E-state index contributed by atoms with van der Waals surface area (Å²) in [5.41, 5.74) is 2.54. The maximum atomic E-state index is 13.5. The molecular weight excluding hydrogens is 418 g/mol. The van der Waals surface area contributed by atoms with Crippen molar-refractivity contribution < 1.29 is 22.7 Å². The first-order chi connectivity index (χ1) is 14.9. The van der Waals surface area contributed by atoms with E-state index in [0.717, 1.165) is 11.3 Å². The number of methoxy groups -OCH3 is 2. The van der Waals surface area contributed by atoms with Crippen molar-refractivity contribution in [1.82, 2.24) is 13.9 Å². The molecule has 1 aliphatic heterocycles. The van der Waals surface area contributed by atoms with E-state index in [0.29, 0.717) is 18.0 Å². The quantitative estimate of drug-likeness (QED) is 0.545. The van der Waals surface area contributed by atoms with Crippen LogP contribution in [0.5, 0.6) is 5.75 Å². The van der Waals surface area contributed by atoms with Crippen LogP contribution in [0, 0.1) is 0 Å². The van der Waals surface area contributed by atoms with Crippen LogP contribution in [0.3, 0.4) is 0 Å². The van der Waals surface area contributed by atoms with E-state index in [4.69, 9.17) is 9.47 Å².